The SMILES string of the molecule is COc1ccc(OCc2nnc(S[C@H](C)C(=O)Nc3nc(C)cs3)n2-c2ccccc2)cc1. The van der Waals surface area contributed by atoms with Crippen LogP contribution in [-0.2, 0) is 11.4 Å². The fourth-order valence-electron chi connectivity index (χ4n) is 2.96. The summed E-state index contributed by atoms with van der Waals surface area (Å²) >= 11 is 2.73. The van der Waals surface area contributed by atoms with E-state index in [4.69, 9.17) is 9.47 Å². The van der Waals surface area contributed by atoms with Crippen molar-refractivity contribution < 1.29 is 14.3 Å². The van der Waals surface area contributed by atoms with Crippen molar-refractivity contribution >= 4 is 34.1 Å². The van der Waals surface area contributed by atoms with Gasteiger partial charge in [-0.3, -0.25) is 9.36 Å². The van der Waals surface area contributed by atoms with Crippen molar-refractivity contribution in [3.05, 3.63) is 71.5 Å². The zero-order valence-corrected chi connectivity index (χ0v) is 20.0. The number of para-hydroxylation sites is 1. The summed E-state index contributed by atoms with van der Waals surface area (Å²) in [4.78, 5) is 17.0. The van der Waals surface area contributed by atoms with Crippen LogP contribution in [0.4, 0.5) is 5.13 Å². The molecule has 4 aromatic rings. The van der Waals surface area contributed by atoms with Crippen molar-refractivity contribution in [3.8, 4) is 17.2 Å². The van der Waals surface area contributed by atoms with Crippen LogP contribution < -0.4 is 14.8 Å². The number of aromatic nitrogens is 4. The van der Waals surface area contributed by atoms with Crippen molar-refractivity contribution in [3.63, 3.8) is 0 Å². The predicted molar refractivity (Wildman–Crippen MR) is 129 cm³/mol. The van der Waals surface area contributed by atoms with Crippen molar-refractivity contribution in [2.45, 2.75) is 30.9 Å². The van der Waals surface area contributed by atoms with E-state index in [1.165, 1.54) is 23.1 Å². The number of carbonyl (C=O) groups is 1. The number of ether oxygens (including phenoxy) is 2. The van der Waals surface area contributed by atoms with Crippen molar-refractivity contribution in [2.75, 3.05) is 12.4 Å². The van der Waals surface area contributed by atoms with Crippen LogP contribution in [0.2, 0.25) is 0 Å². The molecule has 33 heavy (non-hydrogen) atoms. The molecule has 4 rings (SSSR count). The predicted octanol–water partition coefficient (Wildman–Crippen LogP) is 4.74. The lowest BCUT2D eigenvalue weighted by Gasteiger charge is -2.13. The Morgan fingerprint density at radius 1 is 1.12 bits per heavy atom. The molecule has 0 aliphatic rings. The number of amides is 1. The van der Waals surface area contributed by atoms with Crippen LogP contribution in [0.3, 0.4) is 0 Å². The van der Waals surface area contributed by atoms with Gasteiger partial charge in [-0.2, -0.15) is 0 Å². The van der Waals surface area contributed by atoms with Gasteiger partial charge in [-0.1, -0.05) is 30.0 Å². The molecule has 0 spiro atoms. The van der Waals surface area contributed by atoms with Gasteiger partial charge in [0.2, 0.25) is 5.91 Å². The van der Waals surface area contributed by atoms with E-state index in [9.17, 15) is 4.79 Å². The van der Waals surface area contributed by atoms with Crippen molar-refractivity contribution in [1.29, 1.82) is 0 Å². The molecule has 0 saturated heterocycles. The standard InChI is InChI=1S/C23H23N5O3S2/c1-15-14-32-22(24-15)25-21(29)16(2)33-23-27-26-20(28(23)17-7-5-4-6-8-17)13-31-19-11-9-18(30-3)10-12-19/h4-12,14,16H,13H2,1-3H3,(H,24,25,29)/t16-/m1/s1. The maximum Gasteiger partial charge on any atom is 0.239 e. The molecule has 0 fully saturated rings. The number of carbonyl (C=O) groups excluding carboxylic acids is 1. The Bertz CT molecular complexity index is 1210. The molecule has 2 aromatic carbocycles. The Morgan fingerprint density at radius 3 is 2.52 bits per heavy atom. The number of nitrogens with zero attached hydrogens (tertiary/aromatic N) is 4. The van der Waals surface area contributed by atoms with Gasteiger partial charge in [0.25, 0.3) is 0 Å². The quantitative estimate of drug-likeness (QED) is 0.345. The van der Waals surface area contributed by atoms with Crippen LogP contribution in [0.15, 0.2) is 65.1 Å². The number of aryl methyl sites for hydroxylation is 1. The molecule has 2 aromatic heterocycles. The molecule has 0 bridgehead atoms. The molecule has 1 atom stereocenters. The zero-order valence-electron chi connectivity index (χ0n) is 18.4. The van der Waals surface area contributed by atoms with Crippen molar-refractivity contribution in [2.24, 2.45) is 0 Å². The van der Waals surface area contributed by atoms with Crippen LogP contribution in [-0.4, -0.2) is 38.0 Å². The van der Waals surface area contributed by atoms with Gasteiger partial charge in [-0.05, 0) is 50.2 Å². The highest BCUT2D eigenvalue weighted by Gasteiger charge is 2.22. The fourth-order valence-corrected chi connectivity index (χ4v) is 4.53. The number of anilines is 1. The second-order valence-electron chi connectivity index (χ2n) is 7.08. The number of benzene rings is 2. The Morgan fingerprint density at radius 2 is 1.85 bits per heavy atom. The average molecular weight is 482 g/mol. The van der Waals surface area contributed by atoms with E-state index in [-0.39, 0.29) is 12.5 Å². The van der Waals surface area contributed by atoms with Crippen LogP contribution in [0, 0.1) is 6.92 Å². The third-order valence-corrected chi connectivity index (χ3v) is 6.56. The Balaban J connectivity index is 1.52. The molecule has 0 aliphatic heterocycles. The van der Waals surface area contributed by atoms with E-state index in [1.54, 1.807) is 7.11 Å². The van der Waals surface area contributed by atoms with Crippen LogP contribution in [0.5, 0.6) is 11.5 Å². The lowest BCUT2D eigenvalue weighted by molar-refractivity contribution is -0.115. The third kappa shape index (κ3) is 5.71. The summed E-state index contributed by atoms with van der Waals surface area (Å²) in [7, 11) is 1.62. The Hall–Kier alpha value is -3.37. The highest BCUT2D eigenvalue weighted by atomic mass is 32.2. The van der Waals surface area contributed by atoms with E-state index >= 15 is 0 Å². The maximum absolute atomic E-state index is 12.7. The molecule has 0 radical (unpaired) electrons. The molecule has 10 heteroatoms. The average Bonchev–Trinajstić information content (AvgIpc) is 3.43. The number of methoxy groups -OCH3 is 1. The zero-order chi connectivity index (χ0) is 23.2. The largest absolute Gasteiger partial charge is 0.497 e. The molecule has 170 valence electrons. The molecule has 8 nitrogen and oxygen atoms in total. The maximum atomic E-state index is 12.7. The van der Waals surface area contributed by atoms with E-state index in [0.29, 0.717) is 21.9 Å². The second-order valence-corrected chi connectivity index (χ2v) is 9.24. The minimum atomic E-state index is -0.406. The van der Waals surface area contributed by atoms with Gasteiger partial charge in [0.05, 0.1) is 18.1 Å². The number of thiazole rings is 1. The smallest absolute Gasteiger partial charge is 0.239 e. The van der Waals surface area contributed by atoms with Gasteiger partial charge < -0.3 is 14.8 Å². The lowest BCUT2D eigenvalue weighted by atomic mass is 10.3. The van der Waals surface area contributed by atoms with E-state index in [1.807, 2.05) is 78.4 Å². The Labute approximate surface area is 200 Å². The van der Waals surface area contributed by atoms with Gasteiger partial charge in [0.1, 0.15) is 18.1 Å². The van der Waals surface area contributed by atoms with Gasteiger partial charge >= 0.3 is 0 Å². The highest BCUT2D eigenvalue weighted by Crippen LogP contribution is 2.28. The van der Waals surface area contributed by atoms with E-state index in [0.717, 1.165) is 17.1 Å². The lowest BCUT2D eigenvalue weighted by Crippen LogP contribution is -2.23. The van der Waals surface area contributed by atoms with Gasteiger partial charge in [-0.15, -0.1) is 21.5 Å². The summed E-state index contributed by atoms with van der Waals surface area (Å²) in [5, 5.41) is 14.2. The second kappa shape index (κ2) is 10.5. The Kier molecular flexibility index (Phi) is 7.26. The molecular formula is C23H23N5O3S2. The number of thioether (sulfide) groups is 1. The molecule has 1 amide bonds. The number of nitrogens with one attached hydrogen (secondary N) is 1. The summed E-state index contributed by atoms with van der Waals surface area (Å²) in [6, 6.07) is 17.1. The van der Waals surface area contributed by atoms with E-state index in [2.05, 4.69) is 20.5 Å². The summed E-state index contributed by atoms with van der Waals surface area (Å²) < 4.78 is 13.0. The van der Waals surface area contributed by atoms with Gasteiger partial charge in [0.15, 0.2) is 16.1 Å². The van der Waals surface area contributed by atoms with E-state index < -0.39 is 5.25 Å². The normalized spacial score (nSPS) is 11.7. The first kappa shape index (κ1) is 22.8. The highest BCUT2D eigenvalue weighted by molar-refractivity contribution is 8.00. The number of rotatable bonds is 9. The topological polar surface area (TPSA) is 91.2 Å². The van der Waals surface area contributed by atoms with Gasteiger partial charge in [0, 0.05) is 11.1 Å². The third-order valence-electron chi connectivity index (χ3n) is 4.64. The first-order valence-corrected chi connectivity index (χ1v) is 12.0. The van der Waals surface area contributed by atoms with Crippen LogP contribution in [0.1, 0.15) is 18.4 Å². The minimum absolute atomic E-state index is 0.145. The summed E-state index contributed by atoms with van der Waals surface area (Å²) in [5.74, 6) is 1.93. The molecule has 0 aliphatic carbocycles. The van der Waals surface area contributed by atoms with Crippen molar-refractivity contribution in [1.82, 2.24) is 19.7 Å². The van der Waals surface area contributed by atoms with Crippen LogP contribution >= 0.6 is 23.1 Å². The first-order valence-electron chi connectivity index (χ1n) is 10.2. The molecule has 1 N–H and O–H groups in total. The monoisotopic (exact) mass is 481 g/mol. The first-order chi connectivity index (χ1) is 16.0. The molecule has 0 unspecified atom stereocenters. The number of hydrogen-bond acceptors (Lipinski definition) is 8. The molecular weight excluding hydrogens is 458 g/mol. The fraction of sp³-hybridized carbons (Fsp3) is 0.217. The molecule has 0 saturated carbocycles. The van der Waals surface area contributed by atoms with Gasteiger partial charge in [-0.25, -0.2) is 4.98 Å². The van der Waals surface area contributed by atoms with Crippen LogP contribution in [0.25, 0.3) is 5.69 Å². The number of hydrogen-bond donors (Lipinski definition) is 1. The molecule has 2 heterocycles. The minimum Gasteiger partial charge on any atom is -0.497 e. The summed E-state index contributed by atoms with van der Waals surface area (Å²) in [6.45, 7) is 3.94. The summed E-state index contributed by atoms with van der Waals surface area (Å²) in [5.41, 5.74) is 1.77. The summed E-state index contributed by atoms with van der Waals surface area (Å²) in [6.07, 6.45) is 0.